The average Bonchev–Trinajstić information content (AvgIpc) is 3.22. The number of Topliss-reactive ketones (excluding diaryl/α,β-unsaturated/α-hetero) is 2. The summed E-state index contributed by atoms with van der Waals surface area (Å²) in [6, 6.07) is 9.96. The molecule has 0 aliphatic carbocycles. The Kier molecular flexibility index (Phi) is 9.74. The predicted octanol–water partition coefficient (Wildman–Crippen LogP) is 8.05. The lowest BCUT2D eigenvalue weighted by molar-refractivity contribution is -0.125. The average molecular weight is 643 g/mol. The van der Waals surface area contributed by atoms with Crippen molar-refractivity contribution in [3.05, 3.63) is 74.2 Å². The molecule has 5 nitrogen and oxygen atoms in total. The Labute approximate surface area is 244 Å². The van der Waals surface area contributed by atoms with E-state index in [9.17, 15) is 18.0 Å². The Morgan fingerprint density at radius 1 is 1.05 bits per heavy atom. The summed E-state index contributed by atoms with van der Waals surface area (Å²) < 4.78 is 30.5. The van der Waals surface area contributed by atoms with E-state index in [1.807, 2.05) is 34.6 Å². The third-order valence-corrected chi connectivity index (χ3v) is 10.4. The number of halogens is 3. The molecular formula is C29H34BrCl2NO4S. The van der Waals surface area contributed by atoms with Gasteiger partial charge in [0.1, 0.15) is 5.78 Å². The number of hydrogen-bond donors (Lipinski definition) is 0. The highest BCUT2D eigenvalue weighted by Gasteiger charge is 2.50. The van der Waals surface area contributed by atoms with Gasteiger partial charge in [0.25, 0.3) is 0 Å². The van der Waals surface area contributed by atoms with E-state index in [4.69, 9.17) is 23.2 Å². The van der Waals surface area contributed by atoms with Crippen LogP contribution in [-0.4, -0.2) is 30.3 Å². The second kappa shape index (κ2) is 11.9. The molecule has 2 aromatic rings. The van der Waals surface area contributed by atoms with E-state index < -0.39 is 33.4 Å². The first kappa shape index (κ1) is 31.0. The number of carbonyl (C=O) groups excluding carboxylic acids is 2. The zero-order chi connectivity index (χ0) is 28.6. The van der Waals surface area contributed by atoms with Crippen LogP contribution in [0.1, 0.15) is 66.0 Å². The Hall–Kier alpha value is -1.51. The molecule has 3 atom stereocenters. The molecule has 1 heterocycles. The lowest BCUT2D eigenvalue weighted by Gasteiger charge is -2.37. The van der Waals surface area contributed by atoms with Crippen LogP contribution in [0.5, 0.6) is 0 Å². The minimum atomic E-state index is -4.11. The van der Waals surface area contributed by atoms with Crippen LogP contribution in [0.4, 0.5) is 0 Å². The van der Waals surface area contributed by atoms with E-state index in [1.165, 1.54) is 11.2 Å². The van der Waals surface area contributed by atoms with Crippen molar-refractivity contribution in [1.82, 2.24) is 4.31 Å². The first-order valence-electron chi connectivity index (χ1n) is 12.5. The van der Waals surface area contributed by atoms with Crippen LogP contribution < -0.4 is 0 Å². The molecule has 3 rings (SSSR count). The molecule has 9 heteroatoms. The van der Waals surface area contributed by atoms with Gasteiger partial charge in [0, 0.05) is 28.4 Å². The van der Waals surface area contributed by atoms with Crippen molar-refractivity contribution in [3.8, 4) is 0 Å². The summed E-state index contributed by atoms with van der Waals surface area (Å²) in [5, 5.41) is 0.585. The fourth-order valence-corrected chi connectivity index (χ4v) is 8.06. The SMILES string of the molecule is CC(=O)[C@@H](CC(=O)C1=C[C@@H](C(C)(C)C)N(S(=O)(=O)c2ccccc2Br)[C@H]1c1ccc(Cl)c(Cl)c1)CC(C)C. The number of sulfonamides is 1. The van der Waals surface area contributed by atoms with Gasteiger partial charge in [0.05, 0.1) is 21.0 Å². The van der Waals surface area contributed by atoms with Crippen LogP contribution in [0.25, 0.3) is 0 Å². The van der Waals surface area contributed by atoms with Gasteiger partial charge >= 0.3 is 0 Å². The van der Waals surface area contributed by atoms with Crippen LogP contribution in [0.3, 0.4) is 0 Å². The molecule has 0 N–H and O–H groups in total. The molecule has 0 saturated heterocycles. The van der Waals surface area contributed by atoms with Crippen molar-refractivity contribution >= 4 is 60.7 Å². The largest absolute Gasteiger partial charge is 0.300 e. The van der Waals surface area contributed by atoms with Crippen LogP contribution in [0.2, 0.25) is 10.0 Å². The third kappa shape index (κ3) is 6.61. The molecule has 0 spiro atoms. The van der Waals surface area contributed by atoms with Crippen LogP contribution >= 0.6 is 39.1 Å². The maximum absolute atomic E-state index is 14.3. The van der Waals surface area contributed by atoms with Gasteiger partial charge in [-0.25, -0.2) is 8.42 Å². The van der Waals surface area contributed by atoms with Gasteiger partial charge in [-0.1, -0.05) is 82.1 Å². The molecule has 0 aromatic heterocycles. The molecule has 0 amide bonds. The van der Waals surface area contributed by atoms with Gasteiger partial charge in [0.15, 0.2) is 5.78 Å². The van der Waals surface area contributed by atoms with Gasteiger partial charge in [-0.15, -0.1) is 0 Å². The highest BCUT2D eigenvalue weighted by atomic mass is 79.9. The molecule has 0 fully saturated rings. The predicted molar refractivity (Wildman–Crippen MR) is 157 cm³/mol. The van der Waals surface area contributed by atoms with Gasteiger partial charge in [-0.2, -0.15) is 4.31 Å². The van der Waals surface area contributed by atoms with Gasteiger partial charge in [0.2, 0.25) is 10.0 Å². The quantitative estimate of drug-likeness (QED) is 0.277. The van der Waals surface area contributed by atoms with Crippen LogP contribution in [0.15, 0.2) is 63.5 Å². The van der Waals surface area contributed by atoms with Crippen LogP contribution in [0, 0.1) is 17.3 Å². The molecule has 1 aliphatic rings. The topological polar surface area (TPSA) is 71.5 Å². The minimum Gasteiger partial charge on any atom is -0.300 e. The standard InChI is InChI=1S/C29H34BrCl2NO4S/c1-17(2)13-20(18(3)34)15-25(35)21-16-27(29(4,5)6)33(28(21)19-11-12-23(31)24(32)14-19)38(36,37)26-10-8-7-9-22(26)30/h7-12,14,16-17,20,27-28H,13,15H2,1-6H3/t20-,27+,28+/m1/s1. The normalized spacial score (nSPS) is 19.5. The molecule has 2 aromatic carbocycles. The summed E-state index contributed by atoms with van der Waals surface area (Å²) >= 11 is 16.0. The van der Waals surface area contributed by atoms with Crippen molar-refractivity contribution in [3.63, 3.8) is 0 Å². The Balaban J connectivity index is 2.24. The van der Waals surface area contributed by atoms with Crippen molar-refractivity contribution in [1.29, 1.82) is 0 Å². The molecule has 0 bridgehead atoms. The number of nitrogens with zero attached hydrogens (tertiary/aromatic N) is 1. The lowest BCUT2D eigenvalue weighted by Crippen LogP contribution is -2.45. The molecule has 38 heavy (non-hydrogen) atoms. The van der Waals surface area contributed by atoms with E-state index >= 15 is 0 Å². The molecule has 0 saturated carbocycles. The minimum absolute atomic E-state index is 0.0109. The van der Waals surface area contributed by atoms with Gasteiger partial charge < -0.3 is 0 Å². The zero-order valence-electron chi connectivity index (χ0n) is 22.5. The Morgan fingerprint density at radius 3 is 2.21 bits per heavy atom. The summed E-state index contributed by atoms with van der Waals surface area (Å²) in [6.45, 7) is 11.3. The molecule has 206 valence electrons. The maximum Gasteiger partial charge on any atom is 0.245 e. The van der Waals surface area contributed by atoms with E-state index in [2.05, 4.69) is 15.9 Å². The van der Waals surface area contributed by atoms with Gasteiger partial charge in [-0.3, -0.25) is 9.59 Å². The summed E-state index contributed by atoms with van der Waals surface area (Å²) in [5.74, 6) is -0.516. The Morgan fingerprint density at radius 2 is 1.68 bits per heavy atom. The second-order valence-corrected chi connectivity index (χ2v) is 14.8. The van der Waals surface area contributed by atoms with Gasteiger partial charge in [-0.05, 0) is 70.4 Å². The number of hydrogen-bond acceptors (Lipinski definition) is 4. The molecule has 0 radical (unpaired) electrons. The number of carbonyl (C=O) groups is 2. The number of ketones is 2. The summed E-state index contributed by atoms with van der Waals surface area (Å²) in [4.78, 5) is 26.4. The van der Waals surface area contributed by atoms with Crippen molar-refractivity contribution in [2.24, 2.45) is 17.3 Å². The summed E-state index contributed by atoms with van der Waals surface area (Å²) in [5.41, 5.74) is 0.321. The molecule has 0 unspecified atom stereocenters. The van der Waals surface area contributed by atoms with Crippen molar-refractivity contribution in [2.75, 3.05) is 0 Å². The van der Waals surface area contributed by atoms with Crippen molar-refractivity contribution < 1.29 is 18.0 Å². The third-order valence-electron chi connectivity index (χ3n) is 6.78. The smallest absolute Gasteiger partial charge is 0.245 e. The second-order valence-electron chi connectivity index (χ2n) is 11.3. The first-order valence-corrected chi connectivity index (χ1v) is 15.5. The van der Waals surface area contributed by atoms with E-state index in [0.29, 0.717) is 27.1 Å². The van der Waals surface area contributed by atoms with E-state index in [1.54, 1.807) is 48.5 Å². The first-order chi connectivity index (χ1) is 17.6. The lowest BCUT2D eigenvalue weighted by atomic mass is 9.85. The maximum atomic E-state index is 14.3. The highest BCUT2D eigenvalue weighted by molar-refractivity contribution is 9.10. The number of benzene rings is 2. The van der Waals surface area contributed by atoms with Crippen LogP contribution in [-0.2, 0) is 19.6 Å². The molecular weight excluding hydrogens is 609 g/mol. The Bertz CT molecular complexity index is 1360. The monoisotopic (exact) mass is 641 g/mol. The summed E-state index contributed by atoms with van der Waals surface area (Å²) in [6.07, 6.45) is 2.35. The summed E-state index contributed by atoms with van der Waals surface area (Å²) in [7, 11) is -4.11. The van der Waals surface area contributed by atoms with Crippen molar-refractivity contribution in [2.45, 2.75) is 71.4 Å². The fraction of sp³-hybridized carbons (Fsp3) is 0.448. The van der Waals surface area contributed by atoms with E-state index in [0.717, 1.165) is 0 Å². The number of rotatable bonds is 9. The highest BCUT2D eigenvalue weighted by Crippen LogP contribution is 2.48. The fourth-order valence-electron chi connectivity index (χ4n) is 4.88. The zero-order valence-corrected chi connectivity index (χ0v) is 26.4. The molecule has 1 aliphatic heterocycles. The van der Waals surface area contributed by atoms with E-state index in [-0.39, 0.29) is 33.8 Å².